The number of allylic oxidation sites excluding steroid dienone is 8. The average molecular weight is 940 g/mol. The molecule has 0 unspecified atom stereocenters. The zero-order valence-corrected chi connectivity index (χ0v) is 44.7. The van der Waals surface area contributed by atoms with Crippen molar-refractivity contribution < 1.29 is 28.6 Å². The SMILES string of the molecule is CCCCC/C=C\C/C=C\C/C=C\CCCCCCC(=O)OC[C@H](COC(=O)CCCCCCCCC/C=C\CCCCCC)OC(=O)CCCCCCCCCCCCCCCCCCC. The van der Waals surface area contributed by atoms with Gasteiger partial charge >= 0.3 is 17.9 Å². The minimum absolute atomic E-state index is 0.0798. The van der Waals surface area contributed by atoms with Crippen molar-refractivity contribution in [2.45, 2.75) is 309 Å². The predicted molar refractivity (Wildman–Crippen MR) is 289 cm³/mol. The number of carbonyl (C=O) groups excluding carboxylic acids is 3. The van der Waals surface area contributed by atoms with Crippen molar-refractivity contribution in [2.75, 3.05) is 13.2 Å². The van der Waals surface area contributed by atoms with Gasteiger partial charge in [0, 0.05) is 19.3 Å². The summed E-state index contributed by atoms with van der Waals surface area (Å²) in [4.78, 5) is 38.2. The Balaban J connectivity index is 4.39. The van der Waals surface area contributed by atoms with Crippen LogP contribution in [0.4, 0.5) is 0 Å². The number of carbonyl (C=O) groups is 3. The second kappa shape index (κ2) is 56.0. The molecule has 6 nitrogen and oxygen atoms in total. The third-order valence-electron chi connectivity index (χ3n) is 12.8. The van der Waals surface area contributed by atoms with Crippen molar-refractivity contribution in [3.8, 4) is 0 Å². The molecule has 0 aliphatic carbocycles. The van der Waals surface area contributed by atoms with Crippen LogP contribution in [0.25, 0.3) is 0 Å². The highest BCUT2D eigenvalue weighted by atomic mass is 16.6. The summed E-state index contributed by atoms with van der Waals surface area (Å²) in [6.07, 6.45) is 68.1. The van der Waals surface area contributed by atoms with Crippen LogP contribution in [0.15, 0.2) is 48.6 Å². The quantitative estimate of drug-likeness (QED) is 0.0262. The van der Waals surface area contributed by atoms with Gasteiger partial charge in [-0.25, -0.2) is 0 Å². The topological polar surface area (TPSA) is 78.9 Å². The first kappa shape index (κ1) is 64.4. The fourth-order valence-electron chi connectivity index (χ4n) is 8.39. The first-order valence-corrected chi connectivity index (χ1v) is 29.1. The first-order chi connectivity index (χ1) is 33.0. The molecule has 0 N–H and O–H groups in total. The normalized spacial score (nSPS) is 12.3. The summed E-state index contributed by atoms with van der Waals surface area (Å²) in [5, 5.41) is 0. The molecule has 0 saturated carbocycles. The van der Waals surface area contributed by atoms with Gasteiger partial charge < -0.3 is 14.2 Å². The van der Waals surface area contributed by atoms with E-state index in [-0.39, 0.29) is 31.1 Å². The maximum atomic E-state index is 12.9. The third-order valence-corrected chi connectivity index (χ3v) is 12.8. The smallest absolute Gasteiger partial charge is 0.306 e. The van der Waals surface area contributed by atoms with Gasteiger partial charge in [0.1, 0.15) is 13.2 Å². The second-order valence-electron chi connectivity index (χ2n) is 19.6. The molecule has 0 aliphatic heterocycles. The predicted octanol–water partition coefficient (Wildman–Crippen LogP) is 19.4. The summed E-state index contributed by atoms with van der Waals surface area (Å²) in [5.41, 5.74) is 0. The highest BCUT2D eigenvalue weighted by Crippen LogP contribution is 2.16. The molecule has 6 heteroatoms. The minimum atomic E-state index is -0.782. The van der Waals surface area contributed by atoms with Gasteiger partial charge in [0.2, 0.25) is 0 Å². The molecule has 0 spiro atoms. The molecule has 0 saturated heterocycles. The van der Waals surface area contributed by atoms with E-state index in [0.29, 0.717) is 19.3 Å². The monoisotopic (exact) mass is 939 g/mol. The summed E-state index contributed by atoms with van der Waals surface area (Å²) < 4.78 is 16.9. The van der Waals surface area contributed by atoms with Gasteiger partial charge in [-0.05, 0) is 83.5 Å². The molecule has 0 fully saturated rings. The zero-order valence-electron chi connectivity index (χ0n) is 44.7. The number of unbranched alkanes of at least 4 members (excludes halogenated alkanes) is 34. The van der Waals surface area contributed by atoms with Crippen LogP contribution < -0.4 is 0 Å². The molecule has 390 valence electrons. The Morgan fingerprint density at radius 2 is 0.537 bits per heavy atom. The van der Waals surface area contributed by atoms with Gasteiger partial charge in [0.25, 0.3) is 0 Å². The summed E-state index contributed by atoms with van der Waals surface area (Å²) in [6, 6.07) is 0. The van der Waals surface area contributed by atoms with Crippen molar-refractivity contribution in [1.29, 1.82) is 0 Å². The number of hydrogen-bond donors (Lipinski definition) is 0. The number of ether oxygens (including phenoxy) is 3. The summed E-state index contributed by atoms with van der Waals surface area (Å²) >= 11 is 0. The van der Waals surface area contributed by atoms with Crippen LogP contribution in [0.3, 0.4) is 0 Å². The Morgan fingerprint density at radius 1 is 0.299 bits per heavy atom. The second-order valence-corrected chi connectivity index (χ2v) is 19.6. The van der Waals surface area contributed by atoms with E-state index in [0.717, 1.165) is 83.5 Å². The van der Waals surface area contributed by atoms with E-state index in [4.69, 9.17) is 14.2 Å². The standard InChI is InChI=1S/C61H110O6/c1-4-7-10-13-16-19-22-25-28-30-33-36-39-42-45-48-51-54-60(63)66-57-58(56-65-59(62)53-50-47-44-41-38-35-32-27-24-21-18-15-12-9-6-3)67-61(64)55-52-49-46-43-40-37-34-31-29-26-23-20-17-14-11-8-5-2/h16,19,21,24-25,28,33,36,58H,4-15,17-18,20,22-23,26-27,29-32,34-35,37-57H2,1-3H3/b19-16-,24-21-,28-25-,36-33-/t58-/m0/s1. The van der Waals surface area contributed by atoms with Crippen molar-refractivity contribution in [1.82, 2.24) is 0 Å². The molecule has 0 radical (unpaired) electrons. The Labute approximate surface area is 416 Å². The molecule has 67 heavy (non-hydrogen) atoms. The van der Waals surface area contributed by atoms with E-state index in [1.165, 1.54) is 180 Å². The zero-order chi connectivity index (χ0) is 48.6. The van der Waals surface area contributed by atoms with Gasteiger partial charge in [-0.3, -0.25) is 14.4 Å². The molecule has 0 bridgehead atoms. The first-order valence-electron chi connectivity index (χ1n) is 29.1. The molecule has 0 amide bonds. The van der Waals surface area contributed by atoms with Gasteiger partial charge in [-0.2, -0.15) is 0 Å². The summed E-state index contributed by atoms with van der Waals surface area (Å²) in [6.45, 7) is 6.61. The van der Waals surface area contributed by atoms with Gasteiger partial charge in [0.05, 0.1) is 0 Å². The van der Waals surface area contributed by atoms with E-state index < -0.39 is 6.10 Å². The molecule has 1 atom stereocenters. The molecular formula is C61H110O6. The van der Waals surface area contributed by atoms with Gasteiger partial charge in [0.15, 0.2) is 6.10 Å². The molecule has 0 rings (SSSR count). The van der Waals surface area contributed by atoms with Crippen molar-refractivity contribution in [3.05, 3.63) is 48.6 Å². The lowest BCUT2D eigenvalue weighted by atomic mass is 10.0. The Kier molecular flexibility index (Phi) is 53.8. The lowest BCUT2D eigenvalue weighted by Crippen LogP contribution is -2.30. The Hall–Kier alpha value is -2.63. The maximum absolute atomic E-state index is 12.9. The number of hydrogen-bond acceptors (Lipinski definition) is 6. The Bertz CT molecular complexity index is 1170. The molecule has 0 aliphatic rings. The number of rotatable bonds is 53. The van der Waals surface area contributed by atoms with Crippen LogP contribution in [-0.4, -0.2) is 37.2 Å². The van der Waals surface area contributed by atoms with Crippen molar-refractivity contribution in [2.24, 2.45) is 0 Å². The van der Waals surface area contributed by atoms with E-state index in [2.05, 4.69) is 69.4 Å². The van der Waals surface area contributed by atoms with Gasteiger partial charge in [-0.1, -0.05) is 249 Å². The minimum Gasteiger partial charge on any atom is -0.462 e. The average Bonchev–Trinajstić information content (AvgIpc) is 3.33. The Morgan fingerprint density at radius 3 is 0.896 bits per heavy atom. The van der Waals surface area contributed by atoms with Crippen molar-refractivity contribution >= 4 is 17.9 Å². The van der Waals surface area contributed by atoms with Crippen LogP contribution in [0, 0.1) is 0 Å². The fraction of sp³-hybridized carbons (Fsp3) is 0.820. The van der Waals surface area contributed by atoms with Crippen LogP contribution in [0.2, 0.25) is 0 Å². The molecular weight excluding hydrogens is 829 g/mol. The van der Waals surface area contributed by atoms with Gasteiger partial charge in [-0.15, -0.1) is 0 Å². The molecule has 0 heterocycles. The highest BCUT2D eigenvalue weighted by molar-refractivity contribution is 5.71. The van der Waals surface area contributed by atoms with Crippen molar-refractivity contribution in [3.63, 3.8) is 0 Å². The van der Waals surface area contributed by atoms with Crippen LogP contribution in [-0.2, 0) is 28.6 Å². The maximum Gasteiger partial charge on any atom is 0.306 e. The van der Waals surface area contributed by atoms with E-state index in [9.17, 15) is 14.4 Å². The van der Waals surface area contributed by atoms with E-state index in [1.807, 2.05) is 0 Å². The lowest BCUT2D eigenvalue weighted by Gasteiger charge is -2.18. The van der Waals surface area contributed by atoms with Crippen LogP contribution >= 0.6 is 0 Å². The molecule has 0 aromatic heterocycles. The highest BCUT2D eigenvalue weighted by Gasteiger charge is 2.19. The van der Waals surface area contributed by atoms with E-state index in [1.54, 1.807) is 0 Å². The lowest BCUT2D eigenvalue weighted by molar-refractivity contribution is -0.167. The molecule has 0 aromatic carbocycles. The summed E-state index contributed by atoms with van der Waals surface area (Å²) in [5.74, 6) is -0.890. The molecule has 0 aromatic rings. The fourth-order valence-corrected chi connectivity index (χ4v) is 8.39. The van der Waals surface area contributed by atoms with Crippen LogP contribution in [0.5, 0.6) is 0 Å². The van der Waals surface area contributed by atoms with Crippen LogP contribution in [0.1, 0.15) is 303 Å². The van der Waals surface area contributed by atoms with E-state index >= 15 is 0 Å². The largest absolute Gasteiger partial charge is 0.462 e. The summed E-state index contributed by atoms with van der Waals surface area (Å²) in [7, 11) is 0. The third kappa shape index (κ3) is 54.2. The number of esters is 3.